The predicted molar refractivity (Wildman–Crippen MR) is 349 cm³/mol. The molecule has 0 saturated heterocycles. The van der Waals surface area contributed by atoms with Gasteiger partial charge in [0.2, 0.25) is 41.4 Å². The van der Waals surface area contributed by atoms with Gasteiger partial charge in [0.15, 0.2) is 0 Å². The van der Waals surface area contributed by atoms with E-state index in [-0.39, 0.29) is 52.9 Å². The van der Waals surface area contributed by atoms with Crippen molar-refractivity contribution in [1.82, 2.24) is 36.0 Å². The number of rotatable bonds is 65. The van der Waals surface area contributed by atoms with E-state index in [1.165, 1.54) is 6.92 Å². The van der Waals surface area contributed by atoms with Crippen molar-refractivity contribution >= 4 is 41.4 Å². The number of carbonyl (C=O) groups excluding carboxylic acids is 7. The number of carbonyl (C=O) groups is 7. The zero-order chi connectivity index (χ0) is 99.5. The molecule has 0 aromatic heterocycles. The van der Waals surface area contributed by atoms with Gasteiger partial charge in [0.05, 0.1) is 185 Å². The second-order valence-electron chi connectivity index (χ2n) is 24.9. The maximum Gasteiger partial charge on any atom is 0.435 e. The lowest BCUT2D eigenvalue weighted by atomic mass is 10.0. The Hall–Kier alpha value is -6.87. The molecule has 0 aliphatic rings. The highest BCUT2D eigenvalue weighted by molar-refractivity contribution is 5.94. The SMILES string of the molecule is CCC(=O)N(CC(=O)N(CC(=O)NCCOCCOCCOCCOC(C(F)(F)F)(C(F)(F)F)C(F)(F)F)CC(=O)NCCOCCOCCOCCOC(C(F)(F)F)(C(F)(F)F)C(F)(F)F)CC(=O)N(CC(=O)NCCOCCOCCOCCOC(C(F)(F)F)(C(F)(F)F)C(F)(F)F)CC(=O)NCCOCCOCCOCCOC(C(F)(F)F)(C(F)(F)F)C(F)(F)F. The molecule has 0 rings (SSSR count). The Morgan fingerprint density at radius 3 is 0.442 bits per heavy atom. The summed E-state index contributed by atoms with van der Waals surface area (Å²) in [5.74, 6) is -8.09. The van der Waals surface area contributed by atoms with Crippen LogP contribution in [0.25, 0.3) is 0 Å². The molecule has 0 unspecified atom stereocenters. The van der Waals surface area contributed by atoms with Gasteiger partial charge in [0.25, 0.3) is 0 Å². The summed E-state index contributed by atoms with van der Waals surface area (Å²) in [5, 5.41) is 9.08. The van der Waals surface area contributed by atoms with Crippen molar-refractivity contribution in [2.75, 3.05) is 250 Å². The number of nitrogens with zero attached hydrogens (tertiary/aromatic N) is 3. The summed E-state index contributed by atoms with van der Waals surface area (Å²) >= 11 is 0. The lowest BCUT2D eigenvalue weighted by molar-refractivity contribution is -0.459. The first-order valence-corrected chi connectivity index (χ1v) is 36.3. The van der Waals surface area contributed by atoms with Crippen molar-refractivity contribution in [2.24, 2.45) is 0 Å². The molecule has 0 fully saturated rings. The summed E-state index contributed by atoms with van der Waals surface area (Å²) in [6, 6.07) is 0. The highest BCUT2D eigenvalue weighted by Gasteiger charge is 2.89. The molecule has 0 heterocycles. The zero-order valence-corrected chi connectivity index (χ0v) is 66.4. The molecular weight excluding hydrogens is 1910 g/mol. The molecule has 0 bridgehead atoms. The summed E-state index contributed by atoms with van der Waals surface area (Å²) < 4.78 is 543. The van der Waals surface area contributed by atoms with Crippen LogP contribution in [0.1, 0.15) is 13.3 Å². The Morgan fingerprint density at radius 2 is 0.310 bits per heavy atom. The second kappa shape index (κ2) is 55.1. The van der Waals surface area contributed by atoms with Crippen LogP contribution in [-0.4, -0.2) is 403 Å². The molecule has 762 valence electrons. The molecule has 0 aliphatic heterocycles. The first-order chi connectivity index (χ1) is 59.1. The number of halogens is 36. The molecule has 0 atom stereocenters. The highest BCUT2D eigenvalue weighted by atomic mass is 19.5. The molecule has 0 saturated carbocycles. The molecule has 129 heavy (non-hydrogen) atoms. The smallest absolute Gasteiger partial charge is 0.377 e. The fourth-order valence-corrected chi connectivity index (χ4v) is 9.51. The van der Waals surface area contributed by atoms with Crippen LogP contribution in [0, 0.1) is 0 Å². The lowest BCUT2D eigenvalue weighted by Gasteiger charge is -2.37. The molecular formula is C63H85F36N7O23. The van der Waals surface area contributed by atoms with E-state index < -0.39 is 342 Å². The standard InChI is InChI=1S/C63H85F36N7O23/c1-2-45(111)106(39-46(112)104(35-41(107)100-3-7-114-11-15-118-19-23-122-27-31-126-48(52(64,65)66,53(67,68)69)54(70,71)72)36-42(108)101-4-8-115-12-16-119-20-24-123-28-32-127-49(55(73,74)75,56(76,77)78)57(79,80)81)40-47(113)105(37-43(109)102-5-9-116-13-17-120-21-25-124-29-33-128-50(58(82,83)84,59(85,86)87)60(88,89)90)38-44(110)103-6-10-117-14-18-121-22-26-125-30-34-129-51(61(91,92)93,62(94,95)96)63(97,98)99/h2-40H2,1H3,(H,100,107)(H,101,108)(H,102,109)(H,103,110). The van der Waals surface area contributed by atoms with E-state index in [9.17, 15) is 192 Å². The van der Waals surface area contributed by atoms with Crippen LogP contribution in [0.3, 0.4) is 0 Å². The van der Waals surface area contributed by atoms with Crippen LogP contribution in [0.15, 0.2) is 0 Å². The summed E-state index contributed by atoms with van der Waals surface area (Å²) in [5.41, 5.74) is -26.2. The molecule has 0 aromatic rings. The van der Waals surface area contributed by atoms with E-state index in [1.54, 1.807) is 0 Å². The van der Waals surface area contributed by atoms with Crippen LogP contribution in [0.4, 0.5) is 158 Å². The van der Waals surface area contributed by atoms with Crippen molar-refractivity contribution in [3.8, 4) is 0 Å². The summed E-state index contributed by atoms with van der Waals surface area (Å²) in [6.07, 6.45) is -84.6. The van der Waals surface area contributed by atoms with E-state index in [1.807, 2.05) is 0 Å². The molecule has 4 N–H and O–H groups in total. The van der Waals surface area contributed by atoms with Crippen LogP contribution in [0.2, 0.25) is 0 Å². The quantitative estimate of drug-likeness (QED) is 0.0342. The van der Waals surface area contributed by atoms with Gasteiger partial charge in [-0.2, -0.15) is 158 Å². The molecule has 66 heteroatoms. The number of alkyl halides is 36. The molecule has 30 nitrogen and oxygen atoms in total. The monoisotopic (exact) mass is 1990 g/mol. The van der Waals surface area contributed by atoms with E-state index in [0.717, 1.165) is 0 Å². The lowest BCUT2D eigenvalue weighted by Crippen LogP contribution is -2.68. The van der Waals surface area contributed by atoms with Gasteiger partial charge in [0, 0.05) is 32.6 Å². The minimum absolute atomic E-state index is 0.347. The van der Waals surface area contributed by atoms with E-state index >= 15 is 0 Å². The Labute approximate surface area is 704 Å². The van der Waals surface area contributed by atoms with Gasteiger partial charge >= 0.3 is 96.5 Å². The molecule has 0 aliphatic carbocycles. The fraction of sp³-hybridized carbons (Fsp3) is 0.889. The third-order valence-corrected chi connectivity index (χ3v) is 15.6. The topological polar surface area (TPSA) is 325 Å². The van der Waals surface area contributed by atoms with Crippen LogP contribution in [-0.2, 0) is 109 Å². The Morgan fingerprint density at radius 1 is 0.186 bits per heavy atom. The van der Waals surface area contributed by atoms with Gasteiger partial charge in [-0.3, -0.25) is 33.6 Å². The van der Waals surface area contributed by atoms with Crippen molar-refractivity contribution in [3.05, 3.63) is 0 Å². The largest absolute Gasteiger partial charge is 0.435 e. The second-order valence-corrected chi connectivity index (χ2v) is 24.9. The average molecular weight is 1990 g/mol. The third kappa shape index (κ3) is 40.1. The van der Waals surface area contributed by atoms with Gasteiger partial charge in [-0.1, -0.05) is 6.92 Å². The number of hydrogen-bond acceptors (Lipinski definition) is 23. The molecule has 0 aromatic carbocycles. The average Bonchev–Trinajstić information content (AvgIpc) is 0.746. The third-order valence-electron chi connectivity index (χ3n) is 15.6. The summed E-state index contributed by atoms with van der Waals surface area (Å²) in [6.45, 7) is -28.6. The van der Waals surface area contributed by atoms with Crippen molar-refractivity contribution in [3.63, 3.8) is 0 Å². The minimum atomic E-state index is -7.00. The Kier molecular flexibility index (Phi) is 52.2. The number of nitrogens with one attached hydrogen (secondary N) is 4. The number of hydrogen-bond donors (Lipinski definition) is 4. The van der Waals surface area contributed by atoms with Gasteiger partial charge in [0.1, 0.15) is 39.3 Å². The van der Waals surface area contributed by atoms with Crippen LogP contribution < -0.4 is 21.3 Å². The summed E-state index contributed by atoms with van der Waals surface area (Å²) in [4.78, 5) is 96.4. The predicted octanol–water partition coefficient (Wildman–Crippen LogP) is 7.32. The first-order valence-electron chi connectivity index (χ1n) is 36.3. The Balaban J connectivity index is 6.35. The maximum absolute atomic E-state index is 14.1. The van der Waals surface area contributed by atoms with Crippen LogP contribution >= 0.6 is 0 Å². The van der Waals surface area contributed by atoms with Crippen molar-refractivity contribution in [1.29, 1.82) is 0 Å². The molecule has 0 spiro atoms. The van der Waals surface area contributed by atoms with E-state index in [0.29, 0.717) is 14.7 Å². The fourth-order valence-electron chi connectivity index (χ4n) is 9.51. The molecule has 7 amide bonds. The molecule has 0 radical (unpaired) electrons. The van der Waals surface area contributed by atoms with Gasteiger partial charge in [-0.15, -0.1) is 0 Å². The van der Waals surface area contributed by atoms with E-state index in [4.69, 9.17) is 37.9 Å². The minimum Gasteiger partial charge on any atom is -0.377 e. The van der Waals surface area contributed by atoms with Crippen molar-refractivity contribution < 1.29 is 267 Å². The highest BCUT2D eigenvalue weighted by Crippen LogP contribution is 2.59. The first kappa shape index (κ1) is 122. The zero-order valence-electron chi connectivity index (χ0n) is 66.4. The normalized spacial score (nSPS) is 13.7. The summed E-state index contributed by atoms with van der Waals surface area (Å²) in [7, 11) is 0. The Bertz CT molecular complexity index is 2710. The van der Waals surface area contributed by atoms with Crippen LogP contribution in [0.5, 0.6) is 0 Å². The van der Waals surface area contributed by atoms with E-state index in [2.05, 4.69) is 59.2 Å². The van der Waals surface area contributed by atoms with Gasteiger partial charge in [-0.05, 0) is 0 Å². The maximum atomic E-state index is 14.1. The van der Waals surface area contributed by atoms with Gasteiger partial charge < -0.3 is 112 Å². The number of amides is 7. The number of ether oxygens (including phenoxy) is 16. The van der Waals surface area contributed by atoms with Gasteiger partial charge in [-0.25, -0.2) is 0 Å². The van der Waals surface area contributed by atoms with Crippen molar-refractivity contribution in [2.45, 2.75) is 110 Å².